The zero-order chi connectivity index (χ0) is 28.2. The number of Topliss-reactive ketones (excluding diaryl/α,β-unsaturated/α-hetero) is 1. The average Bonchev–Trinajstić information content (AvgIpc) is 3.48. The Balaban J connectivity index is 1.58. The first-order chi connectivity index (χ1) is 18.6. The number of aromatic nitrogens is 5. The van der Waals surface area contributed by atoms with E-state index in [1.165, 1.54) is 17.1 Å². The molecule has 0 spiro atoms. The quantitative estimate of drug-likeness (QED) is 0.150. The van der Waals surface area contributed by atoms with Gasteiger partial charge in [-0.2, -0.15) is 18.3 Å². The van der Waals surface area contributed by atoms with Crippen molar-refractivity contribution < 1.29 is 22.7 Å². The van der Waals surface area contributed by atoms with E-state index in [2.05, 4.69) is 15.1 Å². The van der Waals surface area contributed by atoms with Gasteiger partial charge in [0.1, 0.15) is 0 Å². The van der Waals surface area contributed by atoms with E-state index in [9.17, 15) is 18.0 Å². The van der Waals surface area contributed by atoms with Gasteiger partial charge in [-0.25, -0.2) is 4.98 Å². The van der Waals surface area contributed by atoms with Crippen LogP contribution < -0.4 is 0 Å². The van der Waals surface area contributed by atoms with E-state index < -0.39 is 11.9 Å². The summed E-state index contributed by atoms with van der Waals surface area (Å²) in [7, 11) is 0. The largest absolute Gasteiger partial charge is 0.435 e. The summed E-state index contributed by atoms with van der Waals surface area (Å²) in [6, 6.07) is 5.67. The van der Waals surface area contributed by atoms with Crippen molar-refractivity contribution >= 4 is 11.4 Å². The van der Waals surface area contributed by atoms with Gasteiger partial charge in [-0.1, -0.05) is 39.0 Å². The highest BCUT2D eigenvalue weighted by Crippen LogP contribution is 2.36. The monoisotopic (exact) mass is 541 g/mol. The number of hydrogen-bond donors (Lipinski definition) is 0. The molecule has 3 aromatic heterocycles. The molecule has 0 aliphatic rings. The molecule has 0 amide bonds. The van der Waals surface area contributed by atoms with Crippen molar-refractivity contribution in [1.82, 2.24) is 24.1 Å². The molecule has 0 fully saturated rings. The minimum Gasteiger partial charge on any atom is -0.381 e. The molecule has 208 valence electrons. The van der Waals surface area contributed by atoms with Crippen molar-refractivity contribution in [3.05, 3.63) is 71.1 Å². The molecule has 0 saturated carbocycles. The second-order valence-electron chi connectivity index (χ2n) is 10.2. The molecule has 0 N–H and O–H groups in total. The van der Waals surface area contributed by atoms with Crippen LogP contribution in [0.25, 0.3) is 16.9 Å². The first-order valence-electron chi connectivity index (χ1n) is 13.2. The number of benzene rings is 1. The Morgan fingerprint density at radius 3 is 2.64 bits per heavy atom. The molecule has 0 atom stereocenters. The molecule has 4 aromatic rings. The van der Waals surface area contributed by atoms with Crippen molar-refractivity contribution in [2.24, 2.45) is 5.92 Å². The van der Waals surface area contributed by atoms with Gasteiger partial charge in [0.2, 0.25) is 0 Å². The van der Waals surface area contributed by atoms with Gasteiger partial charge in [-0.3, -0.25) is 18.9 Å². The van der Waals surface area contributed by atoms with Crippen molar-refractivity contribution in [3.63, 3.8) is 0 Å². The van der Waals surface area contributed by atoms with Gasteiger partial charge in [0.15, 0.2) is 17.1 Å². The highest BCUT2D eigenvalue weighted by atomic mass is 19.4. The molecule has 0 aliphatic carbocycles. The van der Waals surface area contributed by atoms with Gasteiger partial charge in [0, 0.05) is 56.8 Å². The van der Waals surface area contributed by atoms with Crippen LogP contribution in [0.5, 0.6) is 0 Å². The Bertz CT molecular complexity index is 1440. The van der Waals surface area contributed by atoms with Gasteiger partial charge < -0.3 is 4.74 Å². The number of ketones is 1. The minimum absolute atomic E-state index is 0.0217. The van der Waals surface area contributed by atoms with E-state index >= 15 is 0 Å². The van der Waals surface area contributed by atoms with Crippen molar-refractivity contribution in [3.8, 4) is 11.3 Å². The predicted octanol–water partition coefficient (Wildman–Crippen LogP) is 6.56. The summed E-state index contributed by atoms with van der Waals surface area (Å²) >= 11 is 0. The van der Waals surface area contributed by atoms with E-state index in [0.29, 0.717) is 61.6 Å². The molecule has 0 radical (unpaired) electrons. The third-order valence-electron chi connectivity index (χ3n) is 6.36. The highest BCUT2D eigenvalue weighted by Gasteiger charge is 2.38. The fraction of sp³-hybridized carbons (Fsp3) is 0.448. The molecule has 4 rings (SSSR count). The van der Waals surface area contributed by atoms with E-state index in [1.54, 1.807) is 16.8 Å². The molecule has 0 bridgehead atoms. The predicted molar refractivity (Wildman–Crippen MR) is 143 cm³/mol. The molecule has 0 aliphatic heterocycles. The van der Waals surface area contributed by atoms with E-state index in [-0.39, 0.29) is 17.3 Å². The summed E-state index contributed by atoms with van der Waals surface area (Å²) in [5, 5.41) is 3.84. The molecular formula is C29H34F3N5O2. The third-order valence-corrected chi connectivity index (χ3v) is 6.36. The van der Waals surface area contributed by atoms with Crippen molar-refractivity contribution in [2.45, 2.75) is 66.1 Å². The Hall–Kier alpha value is -3.53. The Labute approximate surface area is 226 Å². The van der Waals surface area contributed by atoms with Crippen LogP contribution in [-0.4, -0.2) is 43.1 Å². The second kappa shape index (κ2) is 12.1. The zero-order valence-corrected chi connectivity index (χ0v) is 22.8. The lowest BCUT2D eigenvalue weighted by atomic mass is 9.97. The normalized spacial score (nSPS) is 12.1. The van der Waals surface area contributed by atoms with Crippen LogP contribution in [0, 0.1) is 12.8 Å². The fourth-order valence-electron chi connectivity index (χ4n) is 4.64. The number of hydrogen-bond acceptors (Lipinski definition) is 5. The number of halogens is 3. The molecule has 10 heteroatoms. The second-order valence-corrected chi connectivity index (χ2v) is 10.2. The first-order valence-corrected chi connectivity index (χ1v) is 13.2. The molecular weight excluding hydrogens is 507 g/mol. The maximum atomic E-state index is 13.9. The number of carbonyl (C=O) groups excluding carboxylic acids is 1. The maximum absolute atomic E-state index is 13.9. The molecule has 3 heterocycles. The summed E-state index contributed by atoms with van der Waals surface area (Å²) in [6.07, 6.45) is 3.91. The Morgan fingerprint density at radius 2 is 1.95 bits per heavy atom. The summed E-state index contributed by atoms with van der Waals surface area (Å²) in [5.74, 6) is 0.220. The van der Waals surface area contributed by atoms with Gasteiger partial charge >= 0.3 is 6.18 Å². The van der Waals surface area contributed by atoms with Crippen LogP contribution >= 0.6 is 0 Å². The number of aryl methyl sites for hydroxylation is 1. The standard InChI is InChI=1S/C29H34F3N5O2/c1-5-12-39-13-6-7-26(38)22-9-8-21(14-20(22)4)15-24-28-34-16-25(37(28)11-10-33-24)23-18-36(17-19(2)3)35-27(23)29(30,31)32/h8-11,14,16,18-19H,5-7,12-13,15,17H2,1-4H3. The summed E-state index contributed by atoms with van der Waals surface area (Å²) < 4.78 is 50.0. The summed E-state index contributed by atoms with van der Waals surface area (Å²) in [6.45, 7) is 9.44. The number of nitrogens with zero attached hydrogens (tertiary/aromatic N) is 5. The van der Waals surface area contributed by atoms with Crippen LogP contribution in [0.3, 0.4) is 0 Å². The maximum Gasteiger partial charge on any atom is 0.435 e. The van der Waals surface area contributed by atoms with Crippen LogP contribution in [0.1, 0.15) is 72.9 Å². The van der Waals surface area contributed by atoms with Crippen molar-refractivity contribution in [1.29, 1.82) is 0 Å². The SMILES string of the molecule is CCCOCCCC(=O)c1ccc(Cc2nccn3c(-c4cn(CC(C)C)nc4C(F)(F)F)cnc23)cc1C. The first kappa shape index (κ1) is 28.5. The molecule has 1 aromatic carbocycles. The summed E-state index contributed by atoms with van der Waals surface area (Å²) in [4.78, 5) is 21.6. The zero-order valence-electron chi connectivity index (χ0n) is 22.8. The lowest BCUT2D eigenvalue weighted by molar-refractivity contribution is -0.141. The fourth-order valence-corrected chi connectivity index (χ4v) is 4.64. The lowest BCUT2D eigenvalue weighted by Gasteiger charge is -2.10. The van der Waals surface area contributed by atoms with Crippen LogP contribution in [0.2, 0.25) is 0 Å². The van der Waals surface area contributed by atoms with E-state index in [4.69, 9.17) is 4.74 Å². The average molecular weight is 542 g/mol. The molecule has 7 nitrogen and oxygen atoms in total. The number of rotatable bonds is 12. The smallest absolute Gasteiger partial charge is 0.381 e. The van der Waals surface area contributed by atoms with Crippen molar-refractivity contribution in [2.75, 3.05) is 13.2 Å². The number of ether oxygens (including phenoxy) is 1. The number of alkyl halides is 3. The molecule has 0 saturated heterocycles. The number of imidazole rings is 1. The van der Waals surface area contributed by atoms with Crippen LogP contribution in [-0.2, 0) is 23.9 Å². The van der Waals surface area contributed by atoms with E-state index in [0.717, 1.165) is 17.5 Å². The molecule has 39 heavy (non-hydrogen) atoms. The van der Waals surface area contributed by atoms with Crippen LogP contribution in [0.15, 0.2) is 43.0 Å². The van der Waals surface area contributed by atoms with Gasteiger partial charge in [0.25, 0.3) is 0 Å². The van der Waals surface area contributed by atoms with Crippen LogP contribution in [0.4, 0.5) is 13.2 Å². The Morgan fingerprint density at radius 1 is 1.15 bits per heavy atom. The number of fused-ring (bicyclic) bond motifs is 1. The lowest BCUT2D eigenvalue weighted by Crippen LogP contribution is -2.10. The van der Waals surface area contributed by atoms with Gasteiger partial charge in [-0.15, -0.1) is 0 Å². The third kappa shape index (κ3) is 6.73. The number of carbonyl (C=O) groups is 1. The minimum atomic E-state index is -4.60. The van der Waals surface area contributed by atoms with Gasteiger partial charge in [0.05, 0.1) is 23.1 Å². The van der Waals surface area contributed by atoms with E-state index in [1.807, 2.05) is 45.9 Å². The Kier molecular flexibility index (Phi) is 8.84. The van der Waals surface area contributed by atoms with Gasteiger partial charge in [-0.05, 0) is 36.8 Å². The molecule has 0 unspecified atom stereocenters. The topological polar surface area (TPSA) is 74.3 Å². The highest BCUT2D eigenvalue weighted by molar-refractivity contribution is 5.97. The summed E-state index contributed by atoms with van der Waals surface area (Å²) in [5.41, 5.74) is 2.93.